The fraction of sp³-hybridized carbons (Fsp3) is 0.190. The number of hydrogen-bond acceptors (Lipinski definition) is 3. The van der Waals surface area contributed by atoms with Crippen molar-refractivity contribution in [3.8, 4) is 11.3 Å². The van der Waals surface area contributed by atoms with Crippen LogP contribution in [0.25, 0.3) is 11.3 Å². The maximum atomic E-state index is 12.6. The lowest BCUT2D eigenvalue weighted by Gasteiger charge is -2.11. The summed E-state index contributed by atoms with van der Waals surface area (Å²) in [4.78, 5) is 12.8. The Morgan fingerprint density at radius 2 is 1.57 bits per heavy atom. The molecule has 0 aliphatic rings. The van der Waals surface area contributed by atoms with Gasteiger partial charge in [0.15, 0.2) is 0 Å². The summed E-state index contributed by atoms with van der Waals surface area (Å²) in [5.74, 6) is -0.263. The van der Waals surface area contributed by atoms with Gasteiger partial charge in [-0.3, -0.25) is 4.79 Å². The number of hydrogen-bond donors (Lipinski definition) is 2. The standard InChI is InChI=1S/C21H23N3O3S/c1-15(2)23-28(26,27)18-11-9-17(10-12-18)22-21(25)20-14-13-19(24(20)3)16-7-5-4-6-8-16/h4-15,23H,1-3H3,(H,22,25). The molecule has 3 rings (SSSR count). The third-order valence-corrected chi connectivity index (χ3v) is 5.91. The zero-order chi connectivity index (χ0) is 20.3. The van der Waals surface area contributed by atoms with Gasteiger partial charge in [0.1, 0.15) is 5.69 Å². The number of carbonyl (C=O) groups is 1. The van der Waals surface area contributed by atoms with Gasteiger partial charge in [-0.05, 0) is 55.8 Å². The Balaban J connectivity index is 1.76. The monoisotopic (exact) mass is 397 g/mol. The normalized spacial score (nSPS) is 11.6. The van der Waals surface area contributed by atoms with E-state index in [0.29, 0.717) is 11.4 Å². The molecule has 0 saturated carbocycles. The van der Waals surface area contributed by atoms with Crippen LogP contribution in [-0.4, -0.2) is 24.9 Å². The molecule has 1 aromatic heterocycles. The van der Waals surface area contributed by atoms with E-state index in [1.165, 1.54) is 12.1 Å². The SMILES string of the molecule is CC(C)NS(=O)(=O)c1ccc(NC(=O)c2ccc(-c3ccccc3)n2C)cc1. The quantitative estimate of drug-likeness (QED) is 0.666. The van der Waals surface area contributed by atoms with Crippen LogP contribution in [0.15, 0.2) is 71.6 Å². The molecule has 0 aliphatic carbocycles. The maximum absolute atomic E-state index is 12.6. The molecule has 1 heterocycles. The lowest BCUT2D eigenvalue weighted by atomic mass is 10.2. The van der Waals surface area contributed by atoms with Crippen molar-refractivity contribution >= 4 is 21.6 Å². The highest BCUT2D eigenvalue weighted by atomic mass is 32.2. The van der Waals surface area contributed by atoms with Crippen LogP contribution in [0.1, 0.15) is 24.3 Å². The first-order valence-corrected chi connectivity index (χ1v) is 10.4. The van der Waals surface area contributed by atoms with E-state index in [-0.39, 0.29) is 16.8 Å². The van der Waals surface area contributed by atoms with Crippen molar-refractivity contribution in [3.63, 3.8) is 0 Å². The highest BCUT2D eigenvalue weighted by Crippen LogP contribution is 2.22. The Labute approximate surface area is 165 Å². The Kier molecular flexibility index (Phi) is 5.67. The number of carbonyl (C=O) groups excluding carboxylic acids is 1. The second-order valence-electron chi connectivity index (χ2n) is 6.78. The zero-order valence-corrected chi connectivity index (χ0v) is 16.8. The molecule has 2 N–H and O–H groups in total. The minimum absolute atomic E-state index is 0.157. The molecule has 0 saturated heterocycles. The summed E-state index contributed by atoms with van der Waals surface area (Å²) >= 11 is 0. The van der Waals surface area contributed by atoms with Crippen molar-refractivity contribution in [2.75, 3.05) is 5.32 Å². The van der Waals surface area contributed by atoms with Crippen molar-refractivity contribution in [2.24, 2.45) is 7.05 Å². The van der Waals surface area contributed by atoms with Gasteiger partial charge in [-0.25, -0.2) is 13.1 Å². The molecule has 2 aromatic carbocycles. The number of sulfonamides is 1. The minimum Gasteiger partial charge on any atom is -0.340 e. The summed E-state index contributed by atoms with van der Waals surface area (Å²) in [5.41, 5.74) is 3.00. The molecule has 3 aromatic rings. The number of nitrogens with one attached hydrogen (secondary N) is 2. The van der Waals surface area contributed by atoms with Gasteiger partial charge in [-0.15, -0.1) is 0 Å². The van der Waals surface area contributed by atoms with Crippen molar-refractivity contribution in [2.45, 2.75) is 24.8 Å². The Morgan fingerprint density at radius 3 is 2.18 bits per heavy atom. The summed E-state index contributed by atoms with van der Waals surface area (Å²) in [6, 6.07) is 19.4. The van der Waals surface area contributed by atoms with Crippen LogP contribution in [0.5, 0.6) is 0 Å². The minimum atomic E-state index is -3.56. The number of anilines is 1. The lowest BCUT2D eigenvalue weighted by Crippen LogP contribution is -2.30. The zero-order valence-electron chi connectivity index (χ0n) is 16.0. The number of amides is 1. The Morgan fingerprint density at radius 1 is 0.929 bits per heavy atom. The summed E-state index contributed by atoms with van der Waals surface area (Å²) < 4.78 is 28.7. The topological polar surface area (TPSA) is 80.2 Å². The van der Waals surface area contributed by atoms with Gasteiger partial charge in [-0.1, -0.05) is 30.3 Å². The molecule has 0 radical (unpaired) electrons. The molecular weight excluding hydrogens is 374 g/mol. The van der Waals surface area contributed by atoms with Crippen LogP contribution in [0.2, 0.25) is 0 Å². The second-order valence-corrected chi connectivity index (χ2v) is 8.50. The molecule has 0 spiro atoms. The first-order chi connectivity index (χ1) is 13.3. The van der Waals surface area contributed by atoms with Gasteiger partial charge in [-0.2, -0.15) is 0 Å². The molecule has 7 heteroatoms. The lowest BCUT2D eigenvalue weighted by molar-refractivity contribution is 0.101. The third kappa shape index (κ3) is 4.32. The van der Waals surface area contributed by atoms with Crippen LogP contribution >= 0.6 is 0 Å². The number of benzene rings is 2. The number of nitrogens with zero attached hydrogens (tertiary/aromatic N) is 1. The predicted octanol–water partition coefficient (Wildman–Crippen LogP) is 3.63. The van der Waals surface area contributed by atoms with Crippen LogP contribution in [0.3, 0.4) is 0 Å². The van der Waals surface area contributed by atoms with E-state index in [1.54, 1.807) is 32.0 Å². The average Bonchev–Trinajstić information content (AvgIpc) is 3.03. The van der Waals surface area contributed by atoms with Crippen LogP contribution in [0, 0.1) is 0 Å². The predicted molar refractivity (Wildman–Crippen MR) is 111 cm³/mol. The van der Waals surface area contributed by atoms with E-state index in [9.17, 15) is 13.2 Å². The smallest absolute Gasteiger partial charge is 0.272 e. The molecule has 0 fully saturated rings. The summed E-state index contributed by atoms with van der Waals surface area (Å²) in [6.07, 6.45) is 0. The molecule has 6 nitrogen and oxygen atoms in total. The van der Waals surface area contributed by atoms with Crippen molar-refractivity contribution in [1.29, 1.82) is 0 Å². The molecule has 0 aliphatic heterocycles. The van der Waals surface area contributed by atoms with Crippen molar-refractivity contribution in [3.05, 3.63) is 72.4 Å². The van der Waals surface area contributed by atoms with E-state index < -0.39 is 10.0 Å². The fourth-order valence-corrected chi connectivity index (χ4v) is 4.18. The molecular formula is C21H23N3O3S. The highest BCUT2D eigenvalue weighted by Gasteiger charge is 2.16. The summed E-state index contributed by atoms with van der Waals surface area (Å²) in [7, 11) is -1.72. The molecule has 28 heavy (non-hydrogen) atoms. The first kappa shape index (κ1) is 19.9. The molecule has 146 valence electrons. The van der Waals surface area contributed by atoms with Crippen LogP contribution < -0.4 is 10.0 Å². The van der Waals surface area contributed by atoms with Gasteiger partial charge in [0, 0.05) is 24.5 Å². The summed E-state index contributed by atoms with van der Waals surface area (Å²) in [5, 5.41) is 2.81. The van der Waals surface area contributed by atoms with Crippen LogP contribution in [0.4, 0.5) is 5.69 Å². The van der Waals surface area contributed by atoms with Gasteiger partial charge in [0.25, 0.3) is 5.91 Å². The number of aromatic nitrogens is 1. The van der Waals surface area contributed by atoms with Crippen LogP contribution in [-0.2, 0) is 17.1 Å². The number of rotatable bonds is 6. The highest BCUT2D eigenvalue weighted by molar-refractivity contribution is 7.89. The first-order valence-electron chi connectivity index (χ1n) is 8.93. The molecule has 0 atom stereocenters. The largest absolute Gasteiger partial charge is 0.340 e. The van der Waals surface area contributed by atoms with E-state index in [0.717, 1.165) is 11.3 Å². The molecule has 0 unspecified atom stereocenters. The Hall–Kier alpha value is -2.90. The van der Waals surface area contributed by atoms with Crippen molar-refractivity contribution in [1.82, 2.24) is 9.29 Å². The van der Waals surface area contributed by atoms with Gasteiger partial charge >= 0.3 is 0 Å². The Bertz CT molecular complexity index is 1070. The molecule has 1 amide bonds. The second kappa shape index (κ2) is 8.00. The van der Waals surface area contributed by atoms with E-state index in [2.05, 4.69) is 10.0 Å². The maximum Gasteiger partial charge on any atom is 0.272 e. The van der Waals surface area contributed by atoms with Crippen molar-refractivity contribution < 1.29 is 13.2 Å². The van der Waals surface area contributed by atoms with Gasteiger partial charge < -0.3 is 9.88 Å². The van der Waals surface area contributed by atoms with E-state index in [4.69, 9.17) is 0 Å². The van der Waals surface area contributed by atoms with Gasteiger partial charge in [0.05, 0.1) is 4.90 Å². The van der Waals surface area contributed by atoms with E-state index >= 15 is 0 Å². The fourth-order valence-electron chi connectivity index (χ4n) is 2.93. The third-order valence-electron chi connectivity index (χ3n) is 4.24. The van der Waals surface area contributed by atoms with E-state index in [1.807, 2.05) is 48.0 Å². The molecule has 0 bridgehead atoms. The summed E-state index contributed by atoms with van der Waals surface area (Å²) in [6.45, 7) is 3.52. The van der Waals surface area contributed by atoms with Gasteiger partial charge in [0.2, 0.25) is 10.0 Å². The average molecular weight is 398 g/mol.